The standard InChI is InChI=1S/C22H17Cl2N3OS/c1-13-17(21(25)28)10-20(27(13)11-14-5-4-6-15(23)9-14)19-12-29-22(26-19)16-7-2-3-8-18(16)24/h2-10,12H,11H2,1H3,(H2,25,28). The number of hydrogen-bond donors (Lipinski definition) is 1. The number of amides is 1. The van der Waals surface area contributed by atoms with E-state index in [-0.39, 0.29) is 0 Å². The van der Waals surface area contributed by atoms with E-state index in [0.717, 1.165) is 33.2 Å². The molecule has 2 aromatic heterocycles. The minimum absolute atomic E-state index is 0.463. The summed E-state index contributed by atoms with van der Waals surface area (Å²) in [7, 11) is 0. The summed E-state index contributed by atoms with van der Waals surface area (Å²) in [5.41, 5.74) is 10.4. The number of hydrogen-bond acceptors (Lipinski definition) is 3. The van der Waals surface area contributed by atoms with Gasteiger partial charge in [0, 0.05) is 28.2 Å². The molecule has 2 aromatic carbocycles. The molecule has 0 aliphatic carbocycles. The average molecular weight is 442 g/mol. The van der Waals surface area contributed by atoms with Crippen molar-refractivity contribution in [3.8, 4) is 22.0 Å². The van der Waals surface area contributed by atoms with Gasteiger partial charge in [0.15, 0.2) is 0 Å². The minimum Gasteiger partial charge on any atom is -0.366 e. The molecule has 0 unspecified atom stereocenters. The van der Waals surface area contributed by atoms with Gasteiger partial charge < -0.3 is 10.3 Å². The molecule has 4 rings (SSSR count). The van der Waals surface area contributed by atoms with Crippen molar-refractivity contribution in [1.29, 1.82) is 0 Å². The van der Waals surface area contributed by atoms with Gasteiger partial charge in [0.05, 0.1) is 22.0 Å². The lowest BCUT2D eigenvalue weighted by molar-refractivity contribution is 0.0999. The van der Waals surface area contributed by atoms with Crippen LogP contribution in [0.25, 0.3) is 22.0 Å². The van der Waals surface area contributed by atoms with Crippen LogP contribution in [-0.2, 0) is 6.54 Å². The van der Waals surface area contributed by atoms with E-state index in [0.29, 0.717) is 22.2 Å². The third-order valence-corrected chi connectivity index (χ3v) is 6.17. The molecule has 0 atom stereocenters. The number of primary amides is 1. The average Bonchev–Trinajstić information content (AvgIpc) is 3.28. The number of nitrogens with zero attached hydrogens (tertiary/aromatic N) is 2. The summed E-state index contributed by atoms with van der Waals surface area (Å²) in [5, 5.41) is 4.10. The van der Waals surface area contributed by atoms with E-state index in [1.54, 1.807) is 6.07 Å². The highest BCUT2D eigenvalue weighted by atomic mass is 35.5. The number of thiazole rings is 1. The van der Waals surface area contributed by atoms with Crippen molar-refractivity contribution in [2.75, 3.05) is 0 Å². The van der Waals surface area contributed by atoms with Crippen LogP contribution in [0.2, 0.25) is 10.0 Å². The molecule has 4 nitrogen and oxygen atoms in total. The second kappa shape index (κ2) is 8.03. The number of benzene rings is 2. The van der Waals surface area contributed by atoms with Crippen LogP contribution in [0.3, 0.4) is 0 Å². The lowest BCUT2D eigenvalue weighted by Gasteiger charge is -2.11. The molecule has 0 saturated carbocycles. The molecule has 2 heterocycles. The molecule has 7 heteroatoms. The number of carbonyl (C=O) groups excluding carboxylic acids is 1. The summed E-state index contributed by atoms with van der Waals surface area (Å²) >= 11 is 14.0. The molecule has 0 aliphatic rings. The van der Waals surface area contributed by atoms with Gasteiger partial charge in [0.25, 0.3) is 5.91 Å². The number of rotatable bonds is 5. The van der Waals surface area contributed by atoms with Gasteiger partial charge in [-0.15, -0.1) is 11.3 Å². The third-order valence-electron chi connectivity index (χ3n) is 4.73. The Labute approximate surface area is 182 Å². The first-order valence-electron chi connectivity index (χ1n) is 8.89. The summed E-state index contributed by atoms with van der Waals surface area (Å²) in [5.74, 6) is -0.463. The first kappa shape index (κ1) is 19.7. The monoisotopic (exact) mass is 441 g/mol. The van der Waals surface area contributed by atoms with Gasteiger partial charge in [-0.25, -0.2) is 4.98 Å². The lowest BCUT2D eigenvalue weighted by Crippen LogP contribution is -2.12. The Hall–Kier alpha value is -2.60. The van der Waals surface area contributed by atoms with Crippen LogP contribution in [0.15, 0.2) is 60.0 Å². The maximum atomic E-state index is 11.9. The molecular formula is C22H17Cl2N3OS. The fourth-order valence-corrected chi connectivity index (χ4v) is 4.63. The first-order valence-corrected chi connectivity index (χ1v) is 10.5. The normalized spacial score (nSPS) is 11.0. The third kappa shape index (κ3) is 3.94. The zero-order chi connectivity index (χ0) is 20.5. The quantitative estimate of drug-likeness (QED) is 0.410. The molecule has 0 radical (unpaired) electrons. The Kier molecular flexibility index (Phi) is 5.46. The fourth-order valence-electron chi connectivity index (χ4n) is 3.28. The smallest absolute Gasteiger partial charge is 0.250 e. The second-order valence-corrected chi connectivity index (χ2v) is 8.33. The summed E-state index contributed by atoms with van der Waals surface area (Å²) in [6, 6.07) is 17.0. The van der Waals surface area contributed by atoms with E-state index in [1.807, 2.05) is 65.4 Å². The highest BCUT2D eigenvalue weighted by Gasteiger charge is 2.19. The summed E-state index contributed by atoms with van der Waals surface area (Å²) in [6.07, 6.45) is 0. The van der Waals surface area contributed by atoms with Crippen LogP contribution >= 0.6 is 34.5 Å². The van der Waals surface area contributed by atoms with Crippen molar-refractivity contribution in [1.82, 2.24) is 9.55 Å². The van der Waals surface area contributed by atoms with E-state index >= 15 is 0 Å². The van der Waals surface area contributed by atoms with Gasteiger partial charge in [-0.3, -0.25) is 4.79 Å². The Bertz CT molecular complexity index is 1210. The van der Waals surface area contributed by atoms with Gasteiger partial charge in [-0.05, 0) is 36.8 Å². The van der Waals surface area contributed by atoms with Gasteiger partial charge in [-0.1, -0.05) is 53.5 Å². The van der Waals surface area contributed by atoms with Crippen LogP contribution in [0.5, 0.6) is 0 Å². The highest BCUT2D eigenvalue weighted by Crippen LogP contribution is 2.34. The highest BCUT2D eigenvalue weighted by molar-refractivity contribution is 7.13. The first-order chi connectivity index (χ1) is 13.9. The van der Waals surface area contributed by atoms with E-state index in [9.17, 15) is 4.79 Å². The maximum Gasteiger partial charge on any atom is 0.250 e. The van der Waals surface area contributed by atoms with Crippen LogP contribution in [0.1, 0.15) is 21.6 Å². The summed E-state index contributed by atoms with van der Waals surface area (Å²) < 4.78 is 2.04. The summed E-state index contributed by atoms with van der Waals surface area (Å²) in [4.78, 5) is 16.7. The van der Waals surface area contributed by atoms with Crippen molar-refractivity contribution in [3.63, 3.8) is 0 Å². The molecule has 1 amide bonds. The molecule has 0 bridgehead atoms. The van der Waals surface area contributed by atoms with Gasteiger partial charge in [-0.2, -0.15) is 0 Å². The molecule has 0 fully saturated rings. The molecular weight excluding hydrogens is 425 g/mol. The van der Waals surface area contributed by atoms with E-state index in [4.69, 9.17) is 33.9 Å². The zero-order valence-corrected chi connectivity index (χ0v) is 17.9. The van der Waals surface area contributed by atoms with Crippen LogP contribution in [0, 0.1) is 6.92 Å². The minimum atomic E-state index is -0.463. The maximum absolute atomic E-state index is 11.9. The van der Waals surface area contributed by atoms with Gasteiger partial charge in [0.2, 0.25) is 0 Å². The van der Waals surface area contributed by atoms with Crippen molar-refractivity contribution in [3.05, 3.63) is 86.8 Å². The Morgan fingerprint density at radius 3 is 2.66 bits per heavy atom. The van der Waals surface area contributed by atoms with Gasteiger partial charge in [0.1, 0.15) is 5.01 Å². The SMILES string of the molecule is Cc1c(C(N)=O)cc(-c2csc(-c3ccccc3Cl)n2)n1Cc1cccc(Cl)c1. The van der Waals surface area contributed by atoms with Crippen LogP contribution < -0.4 is 5.73 Å². The number of nitrogens with two attached hydrogens (primary N) is 1. The van der Waals surface area contributed by atoms with Crippen molar-refractivity contribution in [2.24, 2.45) is 5.73 Å². The van der Waals surface area contributed by atoms with Crippen molar-refractivity contribution >= 4 is 40.4 Å². The zero-order valence-electron chi connectivity index (χ0n) is 15.5. The number of carbonyl (C=O) groups is 1. The number of halogens is 2. The number of aromatic nitrogens is 2. The Balaban J connectivity index is 1.80. The van der Waals surface area contributed by atoms with E-state index in [2.05, 4.69) is 0 Å². The topological polar surface area (TPSA) is 60.9 Å². The molecule has 4 aromatic rings. The molecule has 0 aliphatic heterocycles. The molecule has 146 valence electrons. The second-order valence-electron chi connectivity index (χ2n) is 6.63. The van der Waals surface area contributed by atoms with Crippen molar-refractivity contribution < 1.29 is 4.79 Å². The van der Waals surface area contributed by atoms with Gasteiger partial charge >= 0.3 is 0 Å². The predicted octanol–water partition coefficient (Wildman–Crippen LogP) is 6.04. The largest absolute Gasteiger partial charge is 0.366 e. The molecule has 0 spiro atoms. The fraction of sp³-hybridized carbons (Fsp3) is 0.0909. The van der Waals surface area contributed by atoms with Crippen LogP contribution in [-0.4, -0.2) is 15.5 Å². The summed E-state index contributed by atoms with van der Waals surface area (Å²) in [6.45, 7) is 2.43. The van der Waals surface area contributed by atoms with E-state index in [1.165, 1.54) is 11.3 Å². The van der Waals surface area contributed by atoms with Crippen LogP contribution in [0.4, 0.5) is 0 Å². The van der Waals surface area contributed by atoms with E-state index < -0.39 is 5.91 Å². The van der Waals surface area contributed by atoms with Crippen molar-refractivity contribution in [2.45, 2.75) is 13.5 Å². The molecule has 29 heavy (non-hydrogen) atoms. The Morgan fingerprint density at radius 2 is 1.93 bits per heavy atom. The lowest BCUT2D eigenvalue weighted by atomic mass is 10.2. The Morgan fingerprint density at radius 1 is 1.14 bits per heavy atom. The molecule has 0 saturated heterocycles. The predicted molar refractivity (Wildman–Crippen MR) is 120 cm³/mol. The molecule has 2 N–H and O–H groups in total.